The first-order valence-corrected chi connectivity index (χ1v) is 7.38. The molecule has 1 heterocycles. The molecule has 0 bridgehead atoms. The highest BCUT2D eigenvalue weighted by Crippen LogP contribution is 2.14. The minimum atomic E-state index is -0.696. The Morgan fingerprint density at radius 1 is 1.24 bits per heavy atom. The normalized spacial score (nSPS) is 10.1. The number of hydrogen-bond acceptors (Lipinski definition) is 5. The number of hydrogen-bond donors (Lipinski definition) is 2. The van der Waals surface area contributed by atoms with E-state index in [1.807, 2.05) is 0 Å². The monoisotopic (exact) mass is 344 g/mol. The van der Waals surface area contributed by atoms with Crippen LogP contribution < -0.4 is 16.2 Å². The molecule has 9 nitrogen and oxygen atoms in total. The summed E-state index contributed by atoms with van der Waals surface area (Å²) >= 11 is 0. The number of carbonyl (C=O) groups excluding carboxylic acids is 2. The minimum Gasteiger partial charge on any atom is -0.308 e. The molecule has 1 aromatic heterocycles. The molecule has 0 saturated carbocycles. The maximum absolute atomic E-state index is 11.8. The van der Waals surface area contributed by atoms with E-state index in [1.54, 1.807) is 30.3 Å². The van der Waals surface area contributed by atoms with Gasteiger partial charge in [-0.15, -0.1) is 0 Å². The van der Waals surface area contributed by atoms with E-state index in [0.717, 1.165) is 16.8 Å². The predicted octanol–water partition coefficient (Wildman–Crippen LogP) is 1.80. The second kappa shape index (κ2) is 7.86. The summed E-state index contributed by atoms with van der Waals surface area (Å²) in [7, 11) is 0. The third kappa shape index (κ3) is 4.99. The predicted molar refractivity (Wildman–Crippen MR) is 90.3 cm³/mol. The molecule has 1 aromatic carbocycles. The van der Waals surface area contributed by atoms with Gasteiger partial charge in [0.2, 0.25) is 5.91 Å². The van der Waals surface area contributed by atoms with Gasteiger partial charge >= 0.3 is 6.03 Å². The zero-order valence-corrected chi connectivity index (χ0v) is 13.4. The molecule has 0 unspecified atom stereocenters. The number of anilines is 1. The van der Waals surface area contributed by atoms with Crippen molar-refractivity contribution in [3.8, 4) is 0 Å². The van der Waals surface area contributed by atoms with Crippen LogP contribution in [0.2, 0.25) is 0 Å². The van der Waals surface area contributed by atoms with Crippen molar-refractivity contribution < 1.29 is 14.5 Å². The highest BCUT2D eigenvalue weighted by molar-refractivity contribution is 6.01. The summed E-state index contributed by atoms with van der Waals surface area (Å²) in [6, 6.07) is 9.01. The summed E-state index contributed by atoms with van der Waals surface area (Å²) in [5.74, 6) is -0.608. The number of carbonyl (C=O) groups is 2. The van der Waals surface area contributed by atoms with Crippen molar-refractivity contribution in [1.29, 1.82) is 0 Å². The topological polar surface area (TPSA) is 123 Å². The summed E-state index contributed by atoms with van der Waals surface area (Å²) in [5, 5.41) is 15.5. The van der Waals surface area contributed by atoms with Gasteiger partial charge in [-0.3, -0.25) is 25.0 Å². The molecule has 0 spiro atoms. The van der Waals surface area contributed by atoms with E-state index in [9.17, 15) is 24.5 Å². The van der Waals surface area contributed by atoms with Crippen LogP contribution in [-0.2, 0) is 11.3 Å². The third-order valence-corrected chi connectivity index (χ3v) is 3.37. The molecule has 2 N–H and O–H groups in total. The average molecular weight is 344 g/mol. The molecule has 2 aromatic rings. The highest BCUT2D eigenvalue weighted by Gasteiger charge is 2.14. The molecular weight excluding hydrogens is 328 g/mol. The molecule has 3 amide bonds. The lowest BCUT2D eigenvalue weighted by Crippen LogP contribution is -2.35. The molecule has 0 saturated heterocycles. The number of nitrogens with zero attached hydrogens (tertiary/aromatic N) is 2. The van der Waals surface area contributed by atoms with E-state index in [0.29, 0.717) is 5.69 Å². The molecule has 0 aliphatic rings. The van der Waals surface area contributed by atoms with Crippen LogP contribution in [0.5, 0.6) is 0 Å². The van der Waals surface area contributed by atoms with Gasteiger partial charge in [0.25, 0.3) is 11.2 Å². The van der Waals surface area contributed by atoms with E-state index in [2.05, 4.69) is 10.6 Å². The van der Waals surface area contributed by atoms with Gasteiger partial charge in [0.05, 0.1) is 11.1 Å². The van der Waals surface area contributed by atoms with Gasteiger partial charge in [0.15, 0.2) is 0 Å². The van der Waals surface area contributed by atoms with E-state index < -0.39 is 22.4 Å². The number of aryl methyl sites for hydroxylation is 2. The molecule has 0 aliphatic heterocycles. The first kappa shape index (κ1) is 17.9. The number of para-hydroxylation sites is 1. The summed E-state index contributed by atoms with van der Waals surface area (Å²) in [6.45, 7) is 1.38. The smallest absolute Gasteiger partial charge is 0.308 e. The lowest BCUT2D eigenvalue weighted by Gasteiger charge is -2.08. The number of imide groups is 1. The molecule has 25 heavy (non-hydrogen) atoms. The molecule has 0 atom stereocenters. The van der Waals surface area contributed by atoms with Gasteiger partial charge in [-0.05, 0) is 19.1 Å². The standard InChI is InChI=1S/C16H16N4O5/c1-11-9-15(22)19(10-13(11)20(24)25)8-7-14(21)18-16(23)17-12-5-3-2-4-6-12/h2-6,9-10H,7-8H2,1H3,(H2,17,18,21,23). The molecule has 0 fully saturated rings. The van der Waals surface area contributed by atoms with Gasteiger partial charge < -0.3 is 9.88 Å². The number of benzene rings is 1. The number of rotatable bonds is 5. The number of pyridine rings is 1. The Balaban J connectivity index is 1.94. The quantitative estimate of drug-likeness (QED) is 0.632. The van der Waals surface area contributed by atoms with Gasteiger partial charge in [-0.25, -0.2) is 4.79 Å². The van der Waals surface area contributed by atoms with Crippen LogP contribution in [0.3, 0.4) is 0 Å². The van der Waals surface area contributed by atoms with E-state index in [4.69, 9.17) is 0 Å². The summed E-state index contributed by atoms with van der Waals surface area (Å²) < 4.78 is 1.07. The fourth-order valence-corrected chi connectivity index (χ4v) is 2.12. The van der Waals surface area contributed by atoms with Crippen molar-refractivity contribution >= 4 is 23.3 Å². The number of aromatic nitrogens is 1. The van der Waals surface area contributed by atoms with Crippen LogP contribution in [0.4, 0.5) is 16.2 Å². The van der Waals surface area contributed by atoms with Crippen molar-refractivity contribution in [3.05, 3.63) is 68.6 Å². The molecule has 0 aliphatic carbocycles. The average Bonchev–Trinajstić information content (AvgIpc) is 2.54. The second-order valence-electron chi connectivity index (χ2n) is 5.25. The Kier molecular flexibility index (Phi) is 5.62. The van der Waals surface area contributed by atoms with Crippen LogP contribution in [-0.4, -0.2) is 21.4 Å². The first-order chi connectivity index (χ1) is 11.9. The molecule has 9 heteroatoms. The van der Waals surface area contributed by atoms with Crippen molar-refractivity contribution in [2.24, 2.45) is 0 Å². The Labute approximate surface area is 142 Å². The molecule has 0 radical (unpaired) electrons. The summed E-state index contributed by atoms with van der Waals surface area (Å²) in [5.41, 5.74) is 0.114. The van der Waals surface area contributed by atoms with Crippen LogP contribution in [0, 0.1) is 17.0 Å². The summed E-state index contributed by atoms with van der Waals surface area (Å²) in [6.07, 6.45) is 0.914. The van der Waals surface area contributed by atoms with Crippen molar-refractivity contribution in [3.63, 3.8) is 0 Å². The van der Waals surface area contributed by atoms with E-state index >= 15 is 0 Å². The van der Waals surface area contributed by atoms with Gasteiger partial charge in [0.1, 0.15) is 0 Å². The lowest BCUT2D eigenvalue weighted by atomic mass is 10.2. The van der Waals surface area contributed by atoms with Crippen LogP contribution in [0.1, 0.15) is 12.0 Å². The number of amides is 3. The molecule has 130 valence electrons. The van der Waals surface area contributed by atoms with Crippen molar-refractivity contribution in [2.75, 3.05) is 5.32 Å². The highest BCUT2D eigenvalue weighted by atomic mass is 16.6. The fourth-order valence-electron chi connectivity index (χ4n) is 2.12. The zero-order chi connectivity index (χ0) is 18.4. The zero-order valence-electron chi connectivity index (χ0n) is 13.4. The Morgan fingerprint density at radius 2 is 1.92 bits per heavy atom. The van der Waals surface area contributed by atoms with E-state index in [-0.39, 0.29) is 24.2 Å². The largest absolute Gasteiger partial charge is 0.325 e. The third-order valence-electron chi connectivity index (χ3n) is 3.37. The Bertz CT molecular complexity index is 861. The summed E-state index contributed by atoms with van der Waals surface area (Å²) in [4.78, 5) is 45.6. The maximum Gasteiger partial charge on any atom is 0.325 e. The number of nitrogens with one attached hydrogen (secondary N) is 2. The fraction of sp³-hybridized carbons (Fsp3) is 0.188. The van der Waals surface area contributed by atoms with Crippen LogP contribution in [0.25, 0.3) is 0 Å². The second-order valence-corrected chi connectivity index (χ2v) is 5.25. The number of urea groups is 1. The molecular formula is C16H16N4O5. The van der Waals surface area contributed by atoms with Crippen molar-refractivity contribution in [2.45, 2.75) is 19.9 Å². The van der Waals surface area contributed by atoms with Gasteiger partial charge in [0, 0.05) is 30.3 Å². The number of nitro groups is 1. The first-order valence-electron chi connectivity index (χ1n) is 7.38. The lowest BCUT2D eigenvalue weighted by molar-refractivity contribution is -0.385. The maximum atomic E-state index is 11.8. The Morgan fingerprint density at radius 3 is 2.56 bits per heavy atom. The van der Waals surface area contributed by atoms with Crippen molar-refractivity contribution in [1.82, 2.24) is 9.88 Å². The SMILES string of the molecule is Cc1cc(=O)n(CCC(=O)NC(=O)Nc2ccccc2)cc1[N+](=O)[O-]. The van der Waals surface area contributed by atoms with Gasteiger partial charge in [-0.2, -0.15) is 0 Å². The minimum absolute atomic E-state index is 0.0790. The van der Waals surface area contributed by atoms with Gasteiger partial charge in [-0.1, -0.05) is 18.2 Å². The molecule has 2 rings (SSSR count). The Hall–Kier alpha value is -3.49. The van der Waals surface area contributed by atoms with Crippen LogP contribution >= 0.6 is 0 Å². The van der Waals surface area contributed by atoms with E-state index in [1.165, 1.54) is 6.92 Å². The van der Waals surface area contributed by atoms with Crippen LogP contribution in [0.15, 0.2) is 47.4 Å².